The van der Waals surface area contributed by atoms with Gasteiger partial charge in [-0.05, 0) is 30.7 Å². The first kappa shape index (κ1) is 15.3. The lowest BCUT2D eigenvalue weighted by Gasteiger charge is -2.15. The summed E-state index contributed by atoms with van der Waals surface area (Å²) in [6, 6.07) is 5.50. The SMILES string of the molecule is [C]#Cc1ccc(C(=O)NC(Cc2c[nH]cn2)C(=O)OC)cc1. The normalized spacial score (nSPS) is 11.3. The van der Waals surface area contributed by atoms with E-state index in [0.717, 1.165) is 0 Å². The summed E-state index contributed by atoms with van der Waals surface area (Å²) in [6.07, 6.45) is 10.4. The average Bonchev–Trinajstić information content (AvgIpc) is 3.06. The number of carbonyl (C=O) groups excluding carboxylic acids is 2. The topological polar surface area (TPSA) is 84.1 Å². The summed E-state index contributed by atoms with van der Waals surface area (Å²) >= 11 is 0. The van der Waals surface area contributed by atoms with E-state index in [-0.39, 0.29) is 6.42 Å². The molecule has 0 aliphatic carbocycles. The van der Waals surface area contributed by atoms with Crippen molar-refractivity contribution in [3.05, 3.63) is 60.0 Å². The molecule has 1 radical (unpaired) electrons. The van der Waals surface area contributed by atoms with E-state index in [9.17, 15) is 9.59 Å². The van der Waals surface area contributed by atoms with Gasteiger partial charge in [0.25, 0.3) is 5.91 Å². The molecule has 0 aliphatic heterocycles. The van der Waals surface area contributed by atoms with Crippen LogP contribution < -0.4 is 5.32 Å². The Labute approximate surface area is 127 Å². The molecule has 2 N–H and O–H groups in total. The van der Waals surface area contributed by atoms with E-state index in [1.807, 2.05) is 0 Å². The second-order valence-electron chi connectivity index (χ2n) is 4.52. The summed E-state index contributed by atoms with van der Waals surface area (Å²) < 4.78 is 4.71. The van der Waals surface area contributed by atoms with Gasteiger partial charge >= 0.3 is 5.97 Å². The molecule has 22 heavy (non-hydrogen) atoms. The van der Waals surface area contributed by atoms with E-state index in [0.29, 0.717) is 16.8 Å². The van der Waals surface area contributed by atoms with E-state index >= 15 is 0 Å². The van der Waals surface area contributed by atoms with Crippen LogP contribution in [0.2, 0.25) is 0 Å². The third kappa shape index (κ3) is 3.73. The zero-order valence-electron chi connectivity index (χ0n) is 11.9. The van der Waals surface area contributed by atoms with Crippen molar-refractivity contribution in [3.8, 4) is 5.92 Å². The fraction of sp³-hybridized carbons (Fsp3) is 0.188. The van der Waals surface area contributed by atoms with Gasteiger partial charge in [0.1, 0.15) is 6.04 Å². The number of esters is 1. The number of aromatic nitrogens is 2. The summed E-state index contributed by atoms with van der Waals surface area (Å²) in [5, 5.41) is 2.63. The lowest BCUT2D eigenvalue weighted by atomic mass is 10.1. The van der Waals surface area contributed by atoms with Crippen LogP contribution in [0, 0.1) is 12.3 Å². The van der Waals surface area contributed by atoms with E-state index in [1.165, 1.54) is 13.4 Å². The predicted octanol–water partition coefficient (Wildman–Crippen LogP) is 0.862. The van der Waals surface area contributed by atoms with Crippen molar-refractivity contribution >= 4 is 11.9 Å². The number of ether oxygens (including phenoxy) is 1. The van der Waals surface area contributed by atoms with Gasteiger partial charge < -0.3 is 15.0 Å². The number of nitrogens with zero attached hydrogens (tertiary/aromatic N) is 1. The Kier molecular flexibility index (Phi) is 4.94. The maximum Gasteiger partial charge on any atom is 0.328 e. The third-order valence-electron chi connectivity index (χ3n) is 3.05. The van der Waals surface area contributed by atoms with Crippen LogP contribution in [0.1, 0.15) is 21.6 Å². The van der Waals surface area contributed by atoms with Crippen LogP contribution in [0.15, 0.2) is 36.8 Å². The van der Waals surface area contributed by atoms with E-state index < -0.39 is 17.9 Å². The monoisotopic (exact) mass is 296 g/mol. The highest BCUT2D eigenvalue weighted by molar-refractivity contribution is 5.96. The highest BCUT2D eigenvalue weighted by Crippen LogP contribution is 2.06. The maximum absolute atomic E-state index is 12.2. The van der Waals surface area contributed by atoms with Gasteiger partial charge in [-0.15, -0.1) is 0 Å². The molecule has 2 aromatic rings. The summed E-state index contributed by atoms with van der Waals surface area (Å²) in [4.78, 5) is 30.8. The van der Waals surface area contributed by atoms with Gasteiger partial charge in [-0.25, -0.2) is 9.78 Å². The smallest absolute Gasteiger partial charge is 0.328 e. The van der Waals surface area contributed by atoms with Gasteiger partial charge in [0.05, 0.1) is 19.1 Å². The minimum Gasteiger partial charge on any atom is -0.467 e. The van der Waals surface area contributed by atoms with Gasteiger partial charge in [-0.3, -0.25) is 4.79 Å². The molecule has 1 aromatic carbocycles. The molecule has 1 heterocycles. The highest BCUT2D eigenvalue weighted by Gasteiger charge is 2.23. The van der Waals surface area contributed by atoms with Gasteiger partial charge in [-0.2, -0.15) is 0 Å². The van der Waals surface area contributed by atoms with E-state index in [4.69, 9.17) is 11.2 Å². The van der Waals surface area contributed by atoms with E-state index in [2.05, 4.69) is 21.2 Å². The van der Waals surface area contributed by atoms with Crippen molar-refractivity contribution in [2.24, 2.45) is 0 Å². The molecule has 1 amide bonds. The van der Waals surface area contributed by atoms with Crippen LogP contribution in [-0.2, 0) is 16.0 Å². The molecule has 2 rings (SSSR count). The van der Waals surface area contributed by atoms with Gasteiger partial charge in [0, 0.05) is 23.7 Å². The van der Waals surface area contributed by atoms with Gasteiger partial charge in [0.2, 0.25) is 0 Å². The number of hydrogen-bond donors (Lipinski definition) is 2. The Balaban J connectivity index is 2.10. The number of methoxy groups -OCH3 is 1. The van der Waals surface area contributed by atoms with Crippen LogP contribution in [0.5, 0.6) is 0 Å². The Morgan fingerprint density at radius 2 is 2.14 bits per heavy atom. The number of nitrogens with one attached hydrogen (secondary N) is 2. The summed E-state index contributed by atoms with van der Waals surface area (Å²) in [7, 11) is 1.26. The number of amides is 1. The summed E-state index contributed by atoms with van der Waals surface area (Å²) in [5.74, 6) is 1.28. The van der Waals surface area contributed by atoms with Crippen LogP contribution >= 0.6 is 0 Å². The molecule has 0 fully saturated rings. The Bertz CT molecular complexity index is 684. The first-order chi connectivity index (χ1) is 10.6. The van der Waals surface area contributed by atoms with Crippen molar-refractivity contribution in [1.29, 1.82) is 0 Å². The molecule has 0 saturated carbocycles. The number of aromatic amines is 1. The number of hydrogen-bond acceptors (Lipinski definition) is 4. The molecule has 0 bridgehead atoms. The predicted molar refractivity (Wildman–Crippen MR) is 78.2 cm³/mol. The molecular weight excluding hydrogens is 282 g/mol. The largest absolute Gasteiger partial charge is 0.467 e. The molecule has 1 aromatic heterocycles. The van der Waals surface area contributed by atoms with Crippen molar-refractivity contribution in [1.82, 2.24) is 15.3 Å². The number of H-pyrrole nitrogens is 1. The minimum absolute atomic E-state index is 0.230. The number of rotatable bonds is 5. The molecule has 1 atom stereocenters. The molecule has 0 spiro atoms. The van der Waals surface area contributed by atoms with Crippen molar-refractivity contribution in [2.45, 2.75) is 12.5 Å². The molecule has 1 unspecified atom stereocenters. The zero-order valence-corrected chi connectivity index (χ0v) is 11.9. The Hall–Kier alpha value is -3.07. The third-order valence-corrected chi connectivity index (χ3v) is 3.05. The summed E-state index contributed by atoms with van der Waals surface area (Å²) in [6.45, 7) is 0. The van der Waals surface area contributed by atoms with Crippen LogP contribution in [0.4, 0.5) is 0 Å². The average molecular weight is 296 g/mol. The lowest BCUT2D eigenvalue weighted by molar-refractivity contribution is -0.142. The Morgan fingerprint density at radius 1 is 1.41 bits per heavy atom. The second kappa shape index (κ2) is 7.09. The van der Waals surface area contributed by atoms with Crippen molar-refractivity contribution in [3.63, 3.8) is 0 Å². The first-order valence-corrected chi connectivity index (χ1v) is 6.53. The van der Waals surface area contributed by atoms with Gasteiger partial charge in [-0.1, -0.05) is 5.92 Å². The van der Waals surface area contributed by atoms with Crippen LogP contribution in [-0.4, -0.2) is 35.0 Å². The molecule has 6 nitrogen and oxygen atoms in total. The van der Waals surface area contributed by atoms with Crippen molar-refractivity contribution < 1.29 is 14.3 Å². The van der Waals surface area contributed by atoms with E-state index in [1.54, 1.807) is 30.5 Å². The van der Waals surface area contributed by atoms with Gasteiger partial charge in [0.15, 0.2) is 0 Å². The standard InChI is InChI=1S/C16H14N3O3/c1-3-11-4-6-12(7-5-11)15(20)19-14(16(21)22-2)8-13-9-17-10-18-13/h4-7,9-10,14H,8H2,2H3,(H,17,18)(H,19,20). The molecule has 0 aliphatic rings. The highest BCUT2D eigenvalue weighted by atomic mass is 16.5. The van der Waals surface area contributed by atoms with Crippen LogP contribution in [0.25, 0.3) is 0 Å². The molecule has 6 heteroatoms. The lowest BCUT2D eigenvalue weighted by Crippen LogP contribution is -2.43. The zero-order chi connectivity index (χ0) is 15.9. The fourth-order valence-electron chi connectivity index (χ4n) is 1.89. The van der Waals surface area contributed by atoms with Crippen LogP contribution in [0.3, 0.4) is 0 Å². The second-order valence-corrected chi connectivity index (χ2v) is 4.52. The maximum atomic E-state index is 12.2. The minimum atomic E-state index is -0.824. The van der Waals surface area contributed by atoms with Crippen molar-refractivity contribution in [2.75, 3.05) is 7.11 Å². The quantitative estimate of drug-likeness (QED) is 0.633. The number of carbonyl (C=O) groups is 2. The Morgan fingerprint density at radius 3 is 2.68 bits per heavy atom. The molecule has 111 valence electrons. The number of imidazole rings is 1. The molecular formula is C16H14N3O3. The summed E-state index contributed by atoms with van der Waals surface area (Å²) in [5.41, 5.74) is 1.59. The fourth-order valence-corrected chi connectivity index (χ4v) is 1.89. The number of benzene rings is 1. The molecule has 0 saturated heterocycles. The first-order valence-electron chi connectivity index (χ1n) is 6.53.